The highest BCUT2D eigenvalue weighted by molar-refractivity contribution is 6.31. The lowest BCUT2D eigenvalue weighted by Gasteiger charge is -2.16. The molecule has 0 aliphatic rings. The second-order valence-electron chi connectivity index (χ2n) is 6.45. The van der Waals surface area contributed by atoms with Crippen molar-refractivity contribution in [3.63, 3.8) is 0 Å². The van der Waals surface area contributed by atoms with Crippen LogP contribution in [0.1, 0.15) is 17.0 Å². The van der Waals surface area contributed by atoms with Crippen LogP contribution in [0.2, 0.25) is 5.02 Å². The summed E-state index contributed by atoms with van der Waals surface area (Å²) in [6.07, 6.45) is 0. The van der Waals surface area contributed by atoms with Gasteiger partial charge in [-0.05, 0) is 34.9 Å². The van der Waals surface area contributed by atoms with Crippen molar-refractivity contribution in [2.45, 2.75) is 5.92 Å². The first-order chi connectivity index (χ1) is 13.1. The van der Waals surface area contributed by atoms with Gasteiger partial charge in [-0.3, -0.25) is 10.1 Å². The van der Waals surface area contributed by atoms with Crippen molar-refractivity contribution in [3.05, 3.63) is 105 Å². The molecule has 4 aromatic rings. The molecule has 1 atom stereocenters. The van der Waals surface area contributed by atoms with E-state index in [0.717, 1.165) is 33.3 Å². The molecule has 0 amide bonds. The Hall–Kier alpha value is -3.11. The number of rotatable bonds is 5. The second-order valence-corrected chi connectivity index (χ2v) is 6.88. The number of aromatic nitrogens is 1. The smallest absolute Gasteiger partial charge is 0.214 e. The van der Waals surface area contributed by atoms with Crippen molar-refractivity contribution in [3.8, 4) is 11.3 Å². The van der Waals surface area contributed by atoms with Crippen LogP contribution in [0, 0.1) is 10.1 Å². The van der Waals surface area contributed by atoms with E-state index in [1.807, 2.05) is 78.9 Å². The lowest BCUT2D eigenvalue weighted by molar-refractivity contribution is -0.481. The standard InChI is InChI=1S/C22H17ClN2O2/c23-17-11-12-20-18(13-17)21(22(24-20)16-9-5-2-6-10-16)19(14-25(26)27)15-7-3-1-4-8-15/h1-13,19,24H,14H2/t19-/m1/s1. The molecular formula is C22H17ClN2O2. The van der Waals surface area contributed by atoms with Crippen LogP contribution in [0.3, 0.4) is 0 Å². The van der Waals surface area contributed by atoms with E-state index in [1.165, 1.54) is 0 Å². The largest absolute Gasteiger partial charge is 0.354 e. The Labute approximate surface area is 161 Å². The SMILES string of the molecule is O=[N+]([O-])C[C@H](c1ccccc1)c1c(-c2ccccc2)[nH]c2ccc(Cl)cc12. The van der Waals surface area contributed by atoms with Crippen LogP contribution in [0.25, 0.3) is 22.2 Å². The minimum absolute atomic E-state index is 0.191. The van der Waals surface area contributed by atoms with Gasteiger partial charge >= 0.3 is 0 Å². The summed E-state index contributed by atoms with van der Waals surface area (Å²) in [4.78, 5) is 14.7. The highest BCUT2D eigenvalue weighted by Gasteiger charge is 2.27. The Morgan fingerprint density at radius 2 is 1.63 bits per heavy atom. The number of hydrogen-bond donors (Lipinski definition) is 1. The topological polar surface area (TPSA) is 58.9 Å². The van der Waals surface area contributed by atoms with Crippen LogP contribution in [0.4, 0.5) is 0 Å². The zero-order chi connectivity index (χ0) is 18.8. The summed E-state index contributed by atoms with van der Waals surface area (Å²) in [7, 11) is 0. The van der Waals surface area contributed by atoms with E-state index in [9.17, 15) is 10.1 Å². The van der Waals surface area contributed by atoms with Crippen molar-refractivity contribution >= 4 is 22.5 Å². The molecule has 1 N–H and O–H groups in total. The molecule has 1 aromatic heterocycles. The zero-order valence-electron chi connectivity index (χ0n) is 14.4. The first kappa shape index (κ1) is 17.3. The first-order valence-corrected chi connectivity index (χ1v) is 9.04. The van der Waals surface area contributed by atoms with Crippen molar-refractivity contribution in [1.29, 1.82) is 0 Å². The Kier molecular flexibility index (Phi) is 4.65. The van der Waals surface area contributed by atoms with E-state index in [4.69, 9.17) is 11.6 Å². The quantitative estimate of drug-likeness (QED) is 0.348. The Morgan fingerprint density at radius 1 is 0.963 bits per heavy atom. The van der Waals surface area contributed by atoms with E-state index >= 15 is 0 Å². The molecule has 0 saturated carbocycles. The molecule has 0 fully saturated rings. The number of H-pyrrole nitrogens is 1. The van der Waals surface area contributed by atoms with Gasteiger partial charge in [-0.2, -0.15) is 0 Å². The molecule has 3 aromatic carbocycles. The van der Waals surface area contributed by atoms with Gasteiger partial charge in [0.1, 0.15) is 0 Å². The third-order valence-electron chi connectivity index (χ3n) is 4.75. The lowest BCUT2D eigenvalue weighted by Crippen LogP contribution is -2.14. The first-order valence-electron chi connectivity index (χ1n) is 8.67. The molecule has 0 unspecified atom stereocenters. The molecular weight excluding hydrogens is 360 g/mol. The fraction of sp³-hybridized carbons (Fsp3) is 0.0909. The number of nitro groups is 1. The predicted molar refractivity (Wildman–Crippen MR) is 109 cm³/mol. The summed E-state index contributed by atoms with van der Waals surface area (Å²) in [5, 5.41) is 13.0. The summed E-state index contributed by atoms with van der Waals surface area (Å²) in [5.74, 6) is -0.386. The van der Waals surface area contributed by atoms with Crippen LogP contribution in [-0.2, 0) is 0 Å². The highest BCUT2D eigenvalue weighted by atomic mass is 35.5. The number of nitrogens with zero attached hydrogens (tertiary/aromatic N) is 1. The minimum atomic E-state index is -0.386. The fourth-order valence-electron chi connectivity index (χ4n) is 3.58. The molecule has 0 aliphatic carbocycles. The van der Waals surface area contributed by atoms with E-state index in [0.29, 0.717) is 5.02 Å². The average molecular weight is 377 g/mol. The van der Waals surface area contributed by atoms with Crippen LogP contribution < -0.4 is 0 Å². The number of benzene rings is 3. The summed E-state index contributed by atoms with van der Waals surface area (Å²) >= 11 is 6.25. The maximum Gasteiger partial charge on any atom is 0.214 e. The van der Waals surface area contributed by atoms with E-state index < -0.39 is 0 Å². The molecule has 0 spiro atoms. The van der Waals surface area contributed by atoms with Crippen LogP contribution in [-0.4, -0.2) is 16.5 Å². The van der Waals surface area contributed by atoms with Gasteiger partial charge in [0.05, 0.1) is 11.6 Å². The highest BCUT2D eigenvalue weighted by Crippen LogP contribution is 2.39. The monoisotopic (exact) mass is 376 g/mol. The Bertz CT molecular complexity index is 1090. The number of hydrogen-bond acceptors (Lipinski definition) is 2. The molecule has 0 radical (unpaired) electrons. The summed E-state index contributed by atoms with van der Waals surface area (Å²) in [6, 6.07) is 25.1. The van der Waals surface area contributed by atoms with Crippen LogP contribution in [0.5, 0.6) is 0 Å². The number of halogens is 1. The van der Waals surface area contributed by atoms with Crippen molar-refractivity contribution in [1.82, 2.24) is 4.98 Å². The maximum absolute atomic E-state index is 11.5. The fourth-order valence-corrected chi connectivity index (χ4v) is 3.75. The molecule has 5 heteroatoms. The van der Waals surface area contributed by atoms with E-state index in [-0.39, 0.29) is 17.4 Å². The van der Waals surface area contributed by atoms with E-state index in [2.05, 4.69) is 4.98 Å². The minimum Gasteiger partial charge on any atom is -0.354 e. The summed E-state index contributed by atoms with van der Waals surface area (Å²) < 4.78 is 0. The van der Waals surface area contributed by atoms with Gasteiger partial charge in [-0.25, -0.2) is 0 Å². The third-order valence-corrected chi connectivity index (χ3v) is 4.98. The molecule has 27 heavy (non-hydrogen) atoms. The van der Waals surface area contributed by atoms with E-state index in [1.54, 1.807) is 0 Å². The van der Waals surface area contributed by atoms with Gasteiger partial charge in [0.2, 0.25) is 6.54 Å². The molecule has 0 aliphatic heterocycles. The lowest BCUT2D eigenvalue weighted by atomic mass is 9.87. The van der Waals surface area contributed by atoms with Gasteiger partial charge in [0, 0.05) is 20.8 Å². The third kappa shape index (κ3) is 3.44. The molecule has 0 bridgehead atoms. The van der Waals surface area contributed by atoms with Crippen LogP contribution >= 0.6 is 11.6 Å². The van der Waals surface area contributed by atoms with Crippen molar-refractivity contribution in [2.24, 2.45) is 0 Å². The second kappa shape index (κ2) is 7.25. The van der Waals surface area contributed by atoms with Gasteiger partial charge in [0.25, 0.3) is 0 Å². The predicted octanol–water partition coefficient (Wildman–Crippen LogP) is 5.90. The maximum atomic E-state index is 11.5. The van der Waals surface area contributed by atoms with Crippen molar-refractivity contribution in [2.75, 3.05) is 6.54 Å². The molecule has 4 rings (SSSR count). The van der Waals surface area contributed by atoms with Crippen LogP contribution in [0.15, 0.2) is 78.9 Å². The number of nitrogens with one attached hydrogen (secondary N) is 1. The number of aromatic amines is 1. The molecule has 134 valence electrons. The number of fused-ring (bicyclic) bond motifs is 1. The average Bonchev–Trinajstić information content (AvgIpc) is 3.06. The molecule has 4 nitrogen and oxygen atoms in total. The van der Waals surface area contributed by atoms with Gasteiger partial charge in [-0.1, -0.05) is 72.3 Å². The molecule has 0 saturated heterocycles. The summed E-state index contributed by atoms with van der Waals surface area (Å²) in [5.41, 5.74) is 4.61. The summed E-state index contributed by atoms with van der Waals surface area (Å²) in [6.45, 7) is -0.191. The normalized spacial score (nSPS) is 12.2. The molecule has 1 heterocycles. The Morgan fingerprint density at radius 3 is 2.30 bits per heavy atom. The zero-order valence-corrected chi connectivity index (χ0v) is 15.2. The van der Waals surface area contributed by atoms with Crippen molar-refractivity contribution < 1.29 is 4.92 Å². The Balaban J connectivity index is 2.02. The van der Waals surface area contributed by atoms with Gasteiger partial charge in [-0.15, -0.1) is 0 Å². The van der Waals surface area contributed by atoms with Gasteiger partial charge < -0.3 is 4.98 Å². The van der Waals surface area contributed by atoms with Gasteiger partial charge in [0.15, 0.2) is 0 Å².